The molecule has 74 valence electrons. The minimum absolute atomic E-state index is 0.0191. The highest BCUT2D eigenvalue weighted by molar-refractivity contribution is 8.13. The Morgan fingerprint density at radius 3 is 2.79 bits per heavy atom. The van der Waals surface area contributed by atoms with Gasteiger partial charge in [-0.25, -0.2) is 8.42 Å². The number of allylic oxidation sites excluding steroid dienone is 1. The monoisotopic (exact) mass is 233 g/mol. The molecule has 1 aromatic heterocycles. The summed E-state index contributed by atoms with van der Waals surface area (Å²) in [6, 6.07) is 0. The number of ketones is 1. The summed E-state index contributed by atoms with van der Waals surface area (Å²) in [5.74, 6) is 0.0731. The number of halogens is 1. The highest BCUT2D eigenvalue weighted by Crippen LogP contribution is 2.22. The lowest BCUT2D eigenvalue weighted by Gasteiger charge is -1.97. The van der Waals surface area contributed by atoms with E-state index in [1.807, 2.05) is 0 Å². The summed E-state index contributed by atoms with van der Waals surface area (Å²) in [4.78, 5) is 14.6. The molecule has 0 atom stereocenters. The van der Waals surface area contributed by atoms with Crippen LogP contribution >= 0.6 is 10.7 Å². The molecule has 14 heavy (non-hydrogen) atoms. The van der Waals surface area contributed by atoms with Crippen molar-refractivity contribution < 1.29 is 17.6 Å². The molecule has 0 fully saturated rings. The van der Waals surface area contributed by atoms with Crippen molar-refractivity contribution in [3.05, 3.63) is 17.5 Å². The van der Waals surface area contributed by atoms with Crippen LogP contribution < -0.4 is 0 Å². The van der Waals surface area contributed by atoms with Gasteiger partial charge in [0, 0.05) is 10.7 Å². The van der Waals surface area contributed by atoms with Crippen LogP contribution in [0, 0.1) is 0 Å². The van der Waals surface area contributed by atoms with Gasteiger partial charge in [0.15, 0.2) is 5.78 Å². The highest BCUT2D eigenvalue weighted by atomic mass is 35.7. The highest BCUT2D eigenvalue weighted by Gasteiger charge is 2.24. The first kappa shape index (κ1) is 9.42. The fourth-order valence-corrected chi connectivity index (χ4v) is 1.70. The molecule has 2 rings (SSSR count). The SMILES string of the molecule is O=C1C=Cc2nc(S(=O)(=O)Cl)oc2C1. The van der Waals surface area contributed by atoms with E-state index in [4.69, 9.17) is 15.1 Å². The molecule has 0 saturated heterocycles. The summed E-state index contributed by atoms with van der Waals surface area (Å²) in [5, 5.41) is -0.566. The van der Waals surface area contributed by atoms with Gasteiger partial charge in [-0.3, -0.25) is 4.79 Å². The molecule has 1 aromatic rings. The standard InChI is InChI=1S/C7H4ClNO4S/c8-14(11,12)7-9-5-2-1-4(10)3-6(5)13-7/h1-2H,3H2. The van der Waals surface area contributed by atoms with Gasteiger partial charge in [0.25, 0.3) is 0 Å². The summed E-state index contributed by atoms with van der Waals surface area (Å²) in [6.07, 6.45) is 2.73. The van der Waals surface area contributed by atoms with Crippen LogP contribution in [0.2, 0.25) is 0 Å². The molecule has 0 saturated carbocycles. The largest absolute Gasteiger partial charge is 0.431 e. The Bertz CT molecular complexity index is 528. The Kier molecular flexibility index (Phi) is 1.97. The topological polar surface area (TPSA) is 77.2 Å². The molecule has 0 unspecified atom stereocenters. The number of aromatic nitrogens is 1. The van der Waals surface area contributed by atoms with Crippen LogP contribution in [-0.2, 0) is 20.3 Å². The maximum absolute atomic E-state index is 10.9. The predicted octanol–water partition coefficient (Wildman–Crippen LogP) is 0.741. The first-order valence-corrected chi connectivity index (χ1v) is 5.93. The molecule has 5 nitrogen and oxygen atoms in total. The third-order valence-electron chi connectivity index (χ3n) is 1.68. The average molecular weight is 234 g/mol. The van der Waals surface area contributed by atoms with E-state index in [9.17, 15) is 13.2 Å². The number of carbonyl (C=O) groups excluding carboxylic acids is 1. The van der Waals surface area contributed by atoms with Crippen molar-refractivity contribution in [2.75, 3.05) is 0 Å². The predicted molar refractivity (Wildman–Crippen MR) is 47.3 cm³/mol. The van der Waals surface area contributed by atoms with Crippen molar-refractivity contribution in [2.45, 2.75) is 11.6 Å². The molecular weight excluding hydrogens is 230 g/mol. The van der Waals surface area contributed by atoms with Gasteiger partial charge in [0.2, 0.25) is 0 Å². The molecule has 0 bridgehead atoms. The minimum atomic E-state index is -3.97. The van der Waals surface area contributed by atoms with Crippen LogP contribution in [0.25, 0.3) is 6.08 Å². The minimum Gasteiger partial charge on any atom is -0.431 e. The number of oxazole rings is 1. The quantitative estimate of drug-likeness (QED) is 0.669. The Morgan fingerprint density at radius 1 is 1.43 bits per heavy atom. The molecular formula is C7H4ClNO4S. The number of rotatable bonds is 1. The Balaban J connectivity index is 2.54. The third kappa shape index (κ3) is 1.58. The Labute approximate surface area is 83.8 Å². The zero-order valence-corrected chi connectivity index (χ0v) is 8.30. The summed E-state index contributed by atoms with van der Waals surface area (Å²) >= 11 is 0. The molecule has 7 heteroatoms. The molecule has 0 aliphatic heterocycles. The van der Waals surface area contributed by atoms with E-state index in [2.05, 4.69) is 4.98 Å². The first-order valence-electron chi connectivity index (χ1n) is 3.62. The lowest BCUT2D eigenvalue weighted by molar-refractivity contribution is -0.114. The third-order valence-corrected chi connectivity index (χ3v) is 2.67. The molecule has 0 aromatic carbocycles. The second-order valence-electron chi connectivity index (χ2n) is 2.70. The fraction of sp³-hybridized carbons (Fsp3) is 0.143. The Morgan fingerprint density at radius 2 is 2.14 bits per heavy atom. The molecule has 1 aliphatic carbocycles. The first-order chi connectivity index (χ1) is 6.47. The van der Waals surface area contributed by atoms with E-state index >= 15 is 0 Å². The van der Waals surface area contributed by atoms with Gasteiger partial charge in [-0.15, -0.1) is 0 Å². The van der Waals surface area contributed by atoms with Gasteiger partial charge >= 0.3 is 14.3 Å². The summed E-state index contributed by atoms with van der Waals surface area (Å²) in [6.45, 7) is 0. The number of hydrogen-bond acceptors (Lipinski definition) is 5. The lowest BCUT2D eigenvalue weighted by atomic mass is 10.1. The van der Waals surface area contributed by atoms with Gasteiger partial charge in [-0.2, -0.15) is 4.98 Å². The van der Waals surface area contributed by atoms with Crippen LogP contribution in [0.3, 0.4) is 0 Å². The van der Waals surface area contributed by atoms with Crippen LogP contribution in [0.5, 0.6) is 0 Å². The zero-order chi connectivity index (χ0) is 10.3. The summed E-state index contributed by atoms with van der Waals surface area (Å²) < 4.78 is 26.5. The van der Waals surface area contributed by atoms with Crippen molar-refractivity contribution >= 4 is 31.6 Å². The van der Waals surface area contributed by atoms with E-state index in [1.165, 1.54) is 12.2 Å². The van der Waals surface area contributed by atoms with Gasteiger partial charge in [-0.1, -0.05) is 0 Å². The van der Waals surface area contributed by atoms with E-state index in [0.29, 0.717) is 5.69 Å². The van der Waals surface area contributed by atoms with Crippen molar-refractivity contribution in [3.8, 4) is 0 Å². The Hall–Kier alpha value is -1.14. The molecule has 0 amide bonds. The second-order valence-corrected chi connectivity index (χ2v) is 5.15. The van der Waals surface area contributed by atoms with E-state index in [1.54, 1.807) is 0 Å². The molecule has 1 heterocycles. The summed E-state index contributed by atoms with van der Waals surface area (Å²) in [5.41, 5.74) is 0.337. The van der Waals surface area contributed by atoms with Crippen molar-refractivity contribution in [2.24, 2.45) is 0 Å². The smallest absolute Gasteiger partial charge is 0.331 e. The number of hydrogen-bond donors (Lipinski definition) is 0. The van der Waals surface area contributed by atoms with Gasteiger partial charge in [-0.05, 0) is 12.2 Å². The van der Waals surface area contributed by atoms with Gasteiger partial charge < -0.3 is 4.42 Å². The molecule has 1 aliphatic rings. The number of fused-ring (bicyclic) bond motifs is 1. The van der Waals surface area contributed by atoms with Crippen molar-refractivity contribution in [1.29, 1.82) is 0 Å². The average Bonchev–Trinajstić information content (AvgIpc) is 2.45. The number of carbonyl (C=O) groups is 1. The van der Waals surface area contributed by atoms with Gasteiger partial charge in [0.1, 0.15) is 11.5 Å². The van der Waals surface area contributed by atoms with E-state index in [-0.39, 0.29) is 18.0 Å². The zero-order valence-electron chi connectivity index (χ0n) is 6.73. The summed E-state index contributed by atoms with van der Waals surface area (Å²) in [7, 11) is 1.06. The van der Waals surface area contributed by atoms with E-state index < -0.39 is 14.3 Å². The molecule has 0 radical (unpaired) electrons. The number of nitrogens with zero attached hydrogens (tertiary/aromatic N) is 1. The van der Waals surface area contributed by atoms with Crippen molar-refractivity contribution in [3.63, 3.8) is 0 Å². The molecule has 0 N–H and O–H groups in total. The van der Waals surface area contributed by atoms with Gasteiger partial charge in [0.05, 0.1) is 6.42 Å². The van der Waals surface area contributed by atoms with Crippen LogP contribution in [-0.4, -0.2) is 19.2 Å². The van der Waals surface area contributed by atoms with Crippen LogP contribution in [0.15, 0.2) is 15.7 Å². The normalized spacial score (nSPS) is 15.6. The second kappa shape index (κ2) is 2.93. The fourth-order valence-electron chi connectivity index (χ4n) is 1.09. The maximum atomic E-state index is 10.9. The maximum Gasteiger partial charge on any atom is 0.331 e. The van der Waals surface area contributed by atoms with Crippen LogP contribution in [0.1, 0.15) is 11.5 Å². The van der Waals surface area contributed by atoms with E-state index in [0.717, 1.165) is 0 Å². The van der Waals surface area contributed by atoms with Crippen LogP contribution in [0.4, 0.5) is 0 Å². The lowest BCUT2D eigenvalue weighted by Crippen LogP contribution is -2.02. The molecule has 0 spiro atoms. The van der Waals surface area contributed by atoms with Crippen molar-refractivity contribution in [1.82, 2.24) is 4.98 Å².